The Morgan fingerprint density at radius 1 is 0.250 bits per heavy atom. The molecule has 0 N–H and O–H groups in total. The fourth-order valence-corrected chi connectivity index (χ4v) is 27.4. The minimum absolute atomic E-state index is 0.123. The van der Waals surface area contributed by atoms with E-state index in [0.29, 0.717) is 17.7 Å². The van der Waals surface area contributed by atoms with Gasteiger partial charge >= 0.3 is 0 Å². The molecule has 4 heteroatoms. The Morgan fingerprint density at radius 2 is 0.438 bits per heavy atom. The van der Waals surface area contributed by atoms with Crippen molar-refractivity contribution in [2.45, 2.75) is 36.5 Å². The van der Waals surface area contributed by atoms with Crippen LogP contribution in [0.3, 0.4) is 0 Å². The third-order valence-electron chi connectivity index (χ3n) is 28.1. The Kier molecular flexibility index (Phi) is 3.09. The molecule has 0 aromatic heterocycles. The molecule has 80 heavy (non-hydrogen) atoms. The average Bonchev–Trinajstić information content (AvgIpc) is 1.49. The van der Waals surface area contributed by atoms with Crippen LogP contribution in [0.1, 0.15) is 68.7 Å². The van der Waals surface area contributed by atoms with Crippen LogP contribution in [0.4, 0.5) is 0 Å². The zero-order chi connectivity index (χ0) is 48.4. The van der Waals surface area contributed by atoms with Crippen LogP contribution in [-0.4, -0.2) is 47.8 Å². The molecule has 346 valence electrons. The summed E-state index contributed by atoms with van der Waals surface area (Å²) in [6.45, 7) is 3.70. The molecular formula is C76H20N2O2. The molecule has 4 nitrogen and oxygen atoms in total. The first kappa shape index (κ1) is 32.0. The molecule has 1 fully saturated rings. The topological polar surface area (TPSA) is 40.6 Å². The van der Waals surface area contributed by atoms with Crippen molar-refractivity contribution in [2.75, 3.05) is 26.2 Å². The average molecular weight is 993 g/mol. The van der Waals surface area contributed by atoms with E-state index < -0.39 is 0 Å². The SMILES string of the molecule is O=C1c2ccccc2C(=O)N1CCCCCCN1CC23c4c5c6c7c8c9c(c%10c%11c2c2c4c4c%12c5c5c6c6c8c8c%13c9c9c%10c%10c%11c%11c2c2c4c4c%12c%12c5c5c6c8c6c8c%13c9c9c%10c%10c%11c2c2c4c4c%12c5c6c5c8c9c%10c2c45)C73C1. The molecule has 0 radical (unpaired) electrons. The Hall–Kier alpha value is -9.22. The molecule has 2 spiro atoms. The van der Waals surface area contributed by atoms with Crippen molar-refractivity contribution < 1.29 is 9.59 Å². The number of amides is 2. The van der Waals surface area contributed by atoms with Crippen molar-refractivity contribution in [2.24, 2.45) is 0 Å². The molecule has 2 amide bonds. The number of benzene rings is 19. The lowest BCUT2D eigenvalue weighted by atomic mass is 9.50. The van der Waals surface area contributed by atoms with Crippen LogP contribution in [0, 0.1) is 0 Å². The number of fused-ring (bicyclic) bond motifs is 1. The number of hydrogen-bond donors (Lipinski definition) is 0. The van der Waals surface area contributed by atoms with Crippen molar-refractivity contribution in [1.29, 1.82) is 0 Å². The highest BCUT2D eigenvalue weighted by molar-refractivity contribution is 6.82. The summed E-state index contributed by atoms with van der Waals surface area (Å²) in [5.41, 5.74) is 7.78. The molecule has 2 aliphatic heterocycles. The fourth-order valence-electron chi connectivity index (χ4n) is 27.4. The standard InChI is InChI=1S/C76H20N2O2/c79-73-13-7-3-4-8-14(13)74(80)78(73)10-6-2-1-5-9-77-11-75-69-61-53-43-33-25-17-15-16-19-23-21(17)29-37-31(23)41-35-27(19)28-20(16)24-22-18(15)26(25)34-40-30(22)38-32(24)42-36(28)46-45(35)55-49(41)59-51(37)57(47(53)39(29)33)65(69)67(59)71-63(55)64-56(46)50(42)60-52(38)58-48(40)54(44(34)43)62(61)70(75)66(58)68(60)72(64)76(71,75)12-77/h3-4,7-8H,1-2,5-6,9-12H2. The van der Waals surface area contributed by atoms with Crippen LogP contribution in [0.2, 0.25) is 0 Å². The molecule has 4 aliphatic carbocycles. The first-order valence-corrected chi connectivity index (χ1v) is 30.2. The van der Waals surface area contributed by atoms with Gasteiger partial charge in [-0.3, -0.25) is 14.5 Å². The van der Waals surface area contributed by atoms with Gasteiger partial charge < -0.3 is 4.90 Å². The minimum atomic E-state index is -0.218. The summed E-state index contributed by atoms with van der Waals surface area (Å²) in [5.74, 6) is -0.246. The second-order valence-electron chi connectivity index (χ2n) is 29.0. The van der Waals surface area contributed by atoms with Gasteiger partial charge in [-0.1, -0.05) is 25.0 Å². The summed E-state index contributed by atoms with van der Waals surface area (Å²) in [5, 5.41) is 89.8. The molecule has 0 saturated carbocycles. The van der Waals surface area contributed by atoms with Crippen LogP contribution in [-0.2, 0) is 10.8 Å². The van der Waals surface area contributed by atoms with E-state index in [-0.39, 0.29) is 22.6 Å². The van der Waals surface area contributed by atoms with Crippen molar-refractivity contribution in [1.82, 2.24) is 9.80 Å². The van der Waals surface area contributed by atoms with E-state index in [2.05, 4.69) is 4.90 Å². The van der Waals surface area contributed by atoms with Gasteiger partial charge in [-0.2, -0.15) is 0 Å². The Morgan fingerprint density at radius 3 is 0.650 bits per heavy atom. The van der Waals surface area contributed by atoms with Crippen molar-refractivity contribution >= 4 is 303 Å². The lowest BCUT2D eigenvalue weighted by molar-refractivity contribution is 0.0651. The van der Waals surface area contributed by atoms with Crippen molar-refractivity contribution in [3.8, 4) is 0 Å². The zero-order valence-corrected chi connectivity index (χ0v) is 41.7. The van der Waals surface area contributed by atoms with E-state index in [1.54, 1.807) is 313 Å². The molecule has 29 aromatic carbocycles. The largest absolute Gasteiger partial charge is 0.301 e. The fraction of sp³-hybridized carbons (Fsp3) is 0.132. The van der Waals surface area contributed by atoms with Crippen LogP contribution in [0.25, 0.3) is 291 Å². The molecular weight excluding hydrogens is 973 g/mol. The maximum absolute atomic E-state index is 13.4. The summed E-state index contributed by atoms with van der Waals surface area (Å²) in [6.07, 6.45) is 4.07. The summed E-state index contributed by atoms with van der Waals surface area (Å²) in [4.78, 5) is 31.4. The van der Waals surface area contributed by atoms with Gasteiger partial charge in [0.15, 0.2) is 0 Å². The highest BCUT2D eigenvalue weighted by atomic mass is 16.2. The molecule has 0 atom stereocenters. The van der Waals surface area contributed by atoms with Gasteiger partial charge in [-0.15, -0.1) is 0 Å². The third-order valence-corrected chi connectivity index (χ3v) is 28.1. The molecule has 6 aliphatic rings. The molecule has 2 heterocycles. The second kappa shape index (κ2) is 7.72. The van der Waals surface area contributed by atoms with Gasteiger partial charge in [0, 0.05) is 19.6 Å². The number of hydrogen-bond acceptors (Lipinski definition) is 3. The smallest absolute Gasteiger partial charge is 0.261 e. The van der Waals surface area contributed by atoms with E-state index in [9.17, 15) is 9.59 Å². The lowest BCUT2D eigenvalue weighted by Gasteiger charge is -2.49. The highest BCUT2D eigenvalue weighted by Gasteiger charge is 2.72. The number of carbonyl (C=O) groups is 2. The number of likely N-dealkylation sites (tertiary alicyclic amines) is 1. The zero-order valence-electron chi connectivity index (χ0n) is 41.7. The van der Waals surface area contributed by atoms with Gasteiger partial charge in [-0.05, 0) is 345 Å². The van der Waals surface area contributed by atoms with E-state index >= 15 is 0 Å². The summed E-state index contributed by atoms with van der Waals surface area (Å²) < 4.78 is 0. The number of rotatable bonds is 7. The van der Waals surface area contributed by atoms with E-state index in [4.69, 9.17) is 0 Å². The number of nitrogens with zero attached hydrogens (tertiary/aromatic N) is 2. The minimum Gasteiger partial charge on any atom is -0.301 e. The predicted octanol–water partition coefficient (Wildman–Crippen LogP) is 18.5. The molecule has 29 aromatic rings. The number of imide groups is 1. The van der Waals surface area contributed by atoms with Gasteiger partial charge in [0.1, 0.15) is 0 Å². The summed E-state index contributed by atoms with van der Waals surface area (Å²) in [6, 6.07) is 7.37. The molecule has 35 rings (SSSR count). The number of carbonyl (C=O) groups excluding carboxylic acids is 2. The first-order valence-electron chi connectivity index (χ1n) is 30.2. The van der Waals surface area contributed by atoms with Gasteiger partial charge in [0.05, 0.1) is 22.0 Å². The normalized spacial score (nSPS) is 22.3. The van der Waals surface area contributed by atoms with Gasteiger partial charge in [0.25, 0.3) is 11.8 Å². The van der Waals surface area contributed by atoms with Crippen LogP contribution in [0.15, 0.2) is 24.3 Å². The predicted molar refractivity (Wildman–Crippen MR) is 331 cm³/mol. The number of unbranched alkanes of at least 4 members (excludes halogenated alkanes) is 3. The Balaban J connectivity index is 0.825. The first-order chi connectivity index (χ1) is 39.7. The monoisotopic (exact) mass is 992 g/mol. The molecule has 0 unspecified atom stereocenters. The Bertz CT molecular complexity index is 7220. The maximum Gasteiger partial charge on any atom is 0.261 e. The van der Waals surface area contributed by atoms with Gasteiger partial charge in [0.2, 0.25) is 0 Å². The van der Waals surface area contributed by atoms with Crippen LogP contribution in [0.5, 0.6) is 0 Å². The van der Waals surface area contributed by atoms with Crippen LogP contribution >= 0.6 is 0 Å². The van der Waals surface area contributed by atoms with Gasteiger partial charge in [-0.25, -0.2) is 0 Å². The quantitative estimate of drug-likeness (QED) is 0.0907. The molecule has 0 bridgehead atoms. The van der Waals surface area contributed by atoms with E-state index in [0.717, 1.165) is 45.3 Å². The molecule has 1 saturated heterocycles. The Labute approximate surface area is 439 Å². The maximum atomic E-state index is 13.4. The second-order valence-corrected chi connectivity index (χ2v) is 29.0. The third kappa shape index (κ3) is 1.88. The van der Waals surface area contributed by atoms with Crippen LogP contribution < -0.4 is 0 Å². The van der Waals surface area contributed by atoms with E-state index in [1.165, 1.54) is 4.90 Å². The van der Waals surface area contributed by atoms with Crippen molar-refractivity contribution in [3.05, 3.63) is 57.6 Å². The summed E-state index contributed by atoms with van der Waals surface area (Å²) in [7, 11) is 0. The van der Waals surface area contributed by atoms with Crippen molar-refractivity contribution in [3.63, 3.8) is 0 Å². The highest BCUT2D eigenvalue weighted by Crippen LogP contribution is 2.85. The van der Waals surface area contributed by atoms with E-state index in [1.807, 2.05) is 24.3 Å². The summed E-state index contributed by atoms with van der Waals surface area (Å²) >= 11 is 0. The lowest BCUT2D eigenvalue weighted by Crippen LogP contribution is -2.51.